The van der Waals surface area contributed by atoms with Crippen molar-refractivity contribution >= 4 is 0 Å². The maximum Gasteiger partial charge on any atom is 0.0636 e. The summed E-state index contributed by atoms with van der Waals surface area (Å²) in [6.07, 6.45) is 3.57. The first-order valence-corrected chi connectivity index (χ1v) is 7.31. The first kappa shape index (κ1) is 15.9. The normalized spacial score (nSPS) is 25.0. The van der Waals surface area contributed by atoms with Gasteiger partial charge in [0.2, 0.25) is 0 Å². The van der Waals surface area contributed by atoms with Gasteiger partial charge in [0.05, 0.1) is 6.61 Å². The van der Waals surface area contributed by atoms with E-state index >= 15 is 0 Å². The van der Waals surface area contributed by atoms with E-state index in [-0.39, 0.29) is 0 Å². The molecule has 2 unspecified atom stereocenters. The summed E-state index contributed by atoms with van der Waals surface area (Å²) in [6.45, 7) is 7.43. The minimum Gasteiger partial charge on any atom is -0.380 e. The summed E-state index contributed by atoms with van der Waals surface area (Å²) in [6, 6.07) is 1.13. The summed E-state index contributed by atoms with van der Waals surface area (Å²) in [5, 5.41) is 3.67. The van der Waals surface area contributed by atoms with E-state index in [1.54, 1.807) is 0 Å². The minimum atomic E-state index is 0.535. The summed E-state index contributed by atoms with van der Waals surface area (Å²) >= 11 is 0. The Morgan fingerprint density at radius 1 is 1.22 bits per heavy atom. The van der Waals surface area contributed by atoms with E-state index in [0.29, 0.717) is 12.1 Å². The SMILES string of the molecule is CCCNC1CCOCC1N(C)CCCN(C)C. The Hall–Kier alpha value is -0.160. The van der Waals surface area contributed by atoms with Gasteiger partial charge >= 0.3 is 0 Å². The Balaban J connectivity index is 2.34. The molecule has 4 nitrogen and oxygen atoms in total. The van der Waals surface area contributed by atoms with E-state index in [4.69, 9.17) is 4.74 Å². The molecule has 2 atom stereocenters. The van der Waals surface area contributed by atoms with E-state index in [1.807, 2.05) is 0 Å². The minimum absolute atomic E-state index is 0.535. The monoisotopic (exact) mass is 257 g/mol. The Kier molecular flexibility index (Phi) is 7.82. The highest BCUT2D eigenvalue weighted by molar-refractivity contribution is 4.86. The molecule has 0 spiro atoms. The highest BCUT2D eigenvalue weighted by Gasteiger charge is 2.28. The predicted octanol–water partition coefficient (Wildman–Crippen LogP) is 1.03. The molecule has 18 heavy (non-hydrogen) atoms. The van der Waals surface area contributed by atoms with Crippen molar-refractivity contribution in [2.24, 2.45) is 0 Å². The number of nitrogens with zero attached hydrogens (tertiary/aromatic N) is 2. The smallest absolute Gasteiger partial charge is 0.0636 e. The number of rotatable bonds is 8. The second-order valence-corrected chi connectivity index (χ2v) is 5.63. The number of ether oxygens (including phenoxy) is 1. The first-order valence-electron chi connectivity index (χ1n) is 7.31. The molecule has 0 radical (unpaired) electrons. The zero-order valence-electron chi connectivity index (χ0n) is 12.6. The lowest BCUT2D eigenvalue weighted by Gasteiger charge is -2.38. The Morgan fingerprint density at radius 2 is 2.00 bits per heavy atom. The van der Waals surface area contributed by atoms with Crippen molar-refractivity contribution in [3.63, 3.8) is 0 Å². The lowest BCUT2D eigenvalue weighted by Crippen LogP contribution is -2.54. The summed E-state index contributed by atoms with van der Waals surface area (Å²) in [4.78, 5) is 4.72. The van der Waals surface area contributed by atoms with E-state index in [0.717, 1.165) is 39.3 Å². The van der Waals surface area contributed by atoms with Gasteiger partial charge in [-0.05, 0) is 60.0 Å². The van der Waals surface area contributed by atoms with Gasteiger partial charge in [-0.3, -0.25) is 4.90 Å². The van der Waals surface area contributed by atoms with Crippen LogP contribution in [-0.2, 0) is 4.74 Å². The lowest BCUT2D eigenvalue weighted by atomic mass is 10.0. The van der Waals surface area contributed by atoms with Crippen molar-refractivity contribution < 1.29 is 4.74 Å². The molecule has 0 aromatic carbocycles. The Labute approximate surface area is 113 Å². The van der Waals surface area contributed by atoms with E-state index in [2.05, 4.69) is 43.2 Å². The highest BCUT2D eigenvalue weighted by atomic mass is 16.5. The lowest BCUT2D eigenvalue weighted by molar-refractivity contribution is 0.00544. The average Bonchev–Trinajstić information content (AvgIpc) is 2.36. The number of nitrogens with one attached hydrogen (secondary N) is 1. The van der Waals surface area contributed by atoms with Crippen LogP contribution in [0.25, 0.3) is 0 Å². The summed E-state index contributed by atoms with van der Waals surface area (Å²) < 4.78 is 5.65. The van der Waals surface area contributed by atoms with Crippen molar-refractivity contribution in [3.8, 4) is 0 Å². The molecule has 1 fully saturated rings. The number of hydrogen-bond acceptors (Lipinski definition) is 4. The van der Waals surface area contributed by atoms with E-state index < -0.39 is 0 Å². The molecule has 1 aliphatic heterocycles. The van der Waals surface area contributed by atoms with Crippen LogP contribution in [0.3, 0.4) is 0 Å². The van der Waals surface area contributed by atoms with Crippen molar-refractivity contribution in [1.29, 1.82) is 0 Å². The molecule has 1 N–H and O–H groups in total. The van der Waals surface area contributed by atoms with Crippen molar-refractivity contribution in [2.75, 3.05) is 54.0 Å². The molecule has 108 valence electrons. The topological polar surface area (TPSA) is 27.7 Å². The summed E-state index contributed by atoms with van der Waals surface area (Å²) in [5.41, 5.74) is 0. The second-order valence-electron chi connectivity index (χ2n) is 5.63. The van der Waals surface area contributed by atoms with Crippen molar-refractivity contribution in [3.05, 3.63) is 0 Å². The number of likely N-dealkylation sites (N-methyl/N-ethyl adjacent to an activating group) is 1. The molecule has 1 saturated heterocycles. The van der Waals surface area contributed by atoms with Gasteiger partial charge < -0.3 is 15.0 Å². The van der Waals surface area contributed by atoms with Gasteiger partial charge in [-0.1, -0.05) is 6.92 Å². The molecular formula is C14H31N3O. The third-order valence-electron chi connectivity index (χ3n) is 3.67. The fraction of sp³-hybridized carbons (Fsp3) is 1.00. The van der Waals surface area contributed by atoms with Crippen LogP contribution in [0, 0.1) is 0 Å². The molecule has 0 amide bonds. The van der Waals surface area contributed by atoms with Gasteiger partial charge in [0.25, 0.3) is 0 Å². The molecule has 1 rings (SSSR count). The molecule has 0 bridgehead atoms. The first-order chi connectivity index (χ1) is 8.65. The molecule has 0 saturated carbocycles. The van der Waals surface area contributed by atoms with Crippen LogP contribution < -0.4 is 5.32 Å². The predicted molar refractivity (Wildman–Crippen MR) is 77.1 cm³/mol. The zero-order valence-corrected chi connectivity index (χ0v) is 12.6. The Bertz CT molecular complexity index is 211. The number of hydrogen-bond donors (Lipinski definition) is 1. The maximum atomic E-state index is 5.65. The van der Waals surface area contributed by atoms with Gasteiger partial charge in [0.1, 0.15) is 0 Å². The van der Waals surface area contributed by atoms with Crippen molar-refractivity contribution in [2.45, 2.75) is 38.3 Å². The van der Waals surface area contributed by atoms with Gasteiger partial charge in [0.15, 0.2) is 0 Å². The third kappa shape index (κ3) is 5.65. The van der Waals surface area contributed by atoms with E-state index in [1.165, 1.54) is 12.8 Å². The summed E-state index contributed by atoms with van der Waals surface area (Å²) in [5.74, 6) is 0. The quantitative estimate of drug-likeness (QED) is 0.703. The largest absolute Gasteiger partial charge is 0.380 e. The summed E-state index contributed by atoms with van der Waals surface area (Å²) in [7, 11) is 6.50. The van der Waals surface area contributed by atoms with Crippen LogP contribution in [0.2, 0.25) is 0 Å². The van der Waals surface area contributed by atoms with Gasteiger partial charge in [-0.2, -0.15) is 0 Å². The van der Waals surface area contributed by atoms with Crippen LogP contribution in [0.4, 0.5) is 0 Å². The van der Waals surface area contributed by atoms with Crippen LogP contribution in [0.15, 0.2) is 0 Å². The average molecular weight is 257 g/mol. The maximum absolute atomic E-state index is 5.65. The molecular weight excluding hydrogens is 226 g/mol. The van der Waals surface area contributed by atoms with Crippen LogP contribution in [-0.4, -0.2) is 75.9 Å². The molecule has 0 aliphatic carbocycles. The highest BCUT2D eigenvalue weighted by Crippen LogP contribution is 2.13. The van der Waals surface area contributed by atoms with Gasteiger partial charge in [-0.15, -0.1) is 0 Å². The van der Waals surface area contributed by atoms with E-state index in [9.17, 15) is 0 Å². The molecule has 1 aliphatic rings. The fourth-order valence-electron chi connectivity index (χ4n) is 2.53. The fourth-order valence-corrected chi connectivity index (χ4v) is 2.53. The van der Waals surface area contributed by atoms with Gasteiger partial charge in [0, 0.05) is 18.7 Å². The van der Waals surface area contributed by atoms with Crippen LogP contribution in [0.5, 0.6) is 0 Å². The third-order valence-corrected chi connectivity index (χ3v) is 3.67. The molecule has 1 heterocycles. The zero-order chi connectivity index (χ0) is 13.4. The molecule has 4 heteroatoms. The van der Waals surface area contributed by atoms with Gasteiger partial charge in [-0.25, -0.2) is 0 Å². The van der Waals surface area contributed by atoms with Crippen molar-refractivity contribution in [1.82, 2.24) is 15.1 Å². The Morgan fingerprint density at radius 3 is 2.67 bits per heavy atom. The standard InChI is InChI=1S/C14H31N3O/c1-5-8-15-13-7-11-18-12-14(13)17(4)10-6-9-16(2)3/h13-15H,5-12H2,1-4H3. The van der Waals surface area contributed by atoms with Crippen LogP contribution >= 0.6 is 0 Å². The molecule has 0 aromatic rings. The molecule has 0 aromatic heterocycles. The second kappa shape index (κ2) is 8.86. The van der Waals surface area contributed by atoms with Crippen LogP contribution in [0.1, 0.15) is 26.2 Å².